The van der Waals surface area contributed by atoms with E-state index in [1.165, 1.54) is 25.3 Å². The second-order valence-corrected chi connectivity index (χ2v) is 5.41. The monoisotopic (exact) mass is 298 g/mol. The zero-order valence-electron chi connectivity index (χ0n) is 11.3. The van der Waals surface area contributed by atoms with E-state index < -0.39 is 4.92 Å². The first-order valence-corrected chi connectivity index (χ1v) is 7.34. The second kappa shape index (κ2) is 7.45. The van der Waals surface area contributed by atoms with E-state index in [0.717, 1.165) is 12.8 Å². The molecular formula is C14H19ClN2O3. The van der Waals surface area contributed by atoms with Gasteiger partial charge in [-0.3, -0.25) is 10.1 Å². The molecule has 0 bridgehead atoms. The van der Waals surface area contributed by atoms with Crippen molar-refractivity contribution in [2.24, 2.45) is 0 Å². The van der Waals surface area contributed by atoms with Crippen LogP contribution in [0.5, 0.6) is 0 Å². The van der Waals surface area contributed by atoms with Gasteiger partial charge in [0.25, 0.3) is 5.69 Å². The highest BCUT2D eigenvalue weighted by Crippen LogP contribution is 2.27. The maximum absolute atomic E-state index is 10.9. The summed E-state index contributed by atoms with van der Waals surface area (Å²) in [5.41, 5.74) is 0.474. The van der Waals surface area contributed by atoms with Crippen molar-refractivity contribution >= 4 is 23.0 Å². The lowest BCUT2D eigenvalue weighted by Gasteiger charge is -2.22. The van der Waals surface area contributed by atoms with Gasteiger partial charge in [-0.15, -0.1) is 0 Å². The molecule has 1 saturated carbocycles. The third-order valence-electron chi connectivity index (χ3n) is 3.48. The molecule has 0 amide bonds. The molecule has 1 aliphatic rings. The lowest BCUT2D eigenvalue weighted by atomic mass is 9.98. The number of halogens is 1. The van der Waals surface area contributed by atoms with Crippen LogP contribution in [-0.4, -0.2) is 24.2 Å². The maximum Gasteiger partial charge on any atom is 0.293 e. The highest BCUT2D eigenvalue weighted by atomic mass is 35.5. The lowest BCUT2D eigenvalue weighted by molar-refractivity contribution is -0.383. The van der Waals surface area contributed by atoms with Crippen LogP contribution in [0, 0.1) is 10.1 Å². The van der Waals surface area contributed by atoms with Crippen LogP contribution in [0.3, 0.4) is 0 Å². The number of benzene rings is 1. The number of anilines is 1. The molecule has 2 rings (SSSR count). The van der Waals surface area contributed by atoms with Crippen LogP contribution < -0.4 is 5.32 Å². The lowest BCUT2D eigenvalue weighted by Crippen LogP contribution is -2.20. The molecule has 0 radical (unpaired) electrons. The molecule has 1 aromatic rings. The van der Waals surface area contributed by atoms with Gasteiger partial charge in [-0.05, 0) is 25.0 Å². The van der Waals surface area contributed by atoms with Crippen LogP contribution in [-0.2, 0) is 4.74 Å². The molecule has 1 aromatic carbocycles. The molecule has 1 N–H and O–H groups in total. The minimum atomic E-state index is -0.434. The van der Waals surface area contributed by atoms with Crippen LogP contribution in [0.2, 0.25) is 5.02 Å². The van der Waals surface area contributed by atoms with Crippen molar-refractivity contribution in [1.29, 1.82) is 0 Å². The van der Waals surface area contributed by atoms with Crippen molar-refractivity contribution in [2.45, 2.75) is 38.2 Å². The van der Waals surface area contributed by atoms with Crippen molar-refractivity contribution in [2.75, 3.05) is 18.5 Å². The number of hydrogen-bond donors (Lipinski definition) is 1. The van der Waals surface area contributed by atoms with E-state index >= 15 is 0 Å². The van der Waals surface area contributed by atoms with E-state index in [2.05, 4.69) is 5.32 Å². The Kier molecular flexibility index (Phi) is 5.61. The third kappa shape index (κ3) is 4.35. The van der Waals surface area contributed by atoms with Crippen molar-refractivity contribution < 1.29 is 9.66 Å². The minimum Gasteiger partial charge on any atom is -0.377 e. The van der Waals surface area contributed by atoms with Crippen molar-refractivity contribution in [3.05, 3.63) is 33.3 Å². The Hall–Kier alpha value is -1.33. The third-order valence-corrected chi connectivity index (χ3v) is 3.71. The standard InChI is InChI=1S/C14H19ClN2O3/c15-11-6-7-13(14(10-11)17(18)19)16-8-9-20-12-4-2-1-3-5-12/h6-7,10,12,16H,1-5,8-9H2. The topological polar surface area (TPSA) is 64.4 Å². The summed E-state index contributed by atoms with van der Waals surface area (Å²) in [6, 6.07) is 4.62. The molecule has 0 heterocycles. The van der Waals surface area contributed by atoms with Gasteiger partial charge in [0.15, 0.2) is 0 Å². The quantitative estimate of drug-likeness (QED) is 0.489. The van der Waals surface area contributed by atoms with Gasteiger partial charge in [0, 0.05) is 17.6 Å². The molecule has 0 unspecified atom stereocenters. The molecule has 20 heavy (non-hydrogen) atoms. The summed E-state index contributed by atoms with van der Waals surface area (Å²) in [5, 5.41) is 14.3. The van der Waals surface area contributed by atoms with E-state index in [4.69, 9.17) is 16.3 Å². The fraction of sp³-hybridized carbons (Fsp3) is 0.571. The van der Waals surface area contributed by atoms with Gasteiger partial charge in [0.1, 0.15) is 5.69 Å². The van der Waals surface area contributed by atoms with Gasteiger partial charge in [0.05, 0.1) is 17.6 Å². The molecule has 0 atom stereocenters. The fourth-order valence-corrected chi connectivity index (χ4v) is 2.61. The number of nitro benzene ring substituents is 1. The molecule has 6 heteroatoms. The molecule has 5 nitrogen and oxygen atoms in total. The molecule has 0 aliphatic heterocycles. The zero-order valence-corrected chi connectivity index (χ0v) is 12.1. The molecule has 0 aromatic heterocycles. The summed E-state index contributed by atoms with van der Waals surface area (Å²) in [7, 11) is 0. The SMILES string of the molecule is O=[N+]([O-])c1cc(Cl)ccc1NCCOC1CCCCC1. The Labute approximate surface area is 123 Å². The number of nitro groups is 1. The van der Waals surface area contributed by atoms with Crippen molar-refractivity contribution in [1.82, 2.24) is 0 Å². The van der Waals surface area contributed by atoms with Crippen LogP contribution in [0.4, 0.5) is 11.4 Å². The van der Waals surface area contributed by atoms with Crippen LogP contribution in [0.1, 0.15) is 32.1 Å². The Balaban J connectivity index is 1.80. The summed E-state index contributed by atoms with van der Waals surface area (Å²) in [6.45, 7) is 1.11. The number of hydrogen-bond acceptors (Lipinski definition) is 4. The van der Waals surface area contributed by atoms with Gasteiger partial charge in [-0.25, -0.2) is 0 Å². The predicted octanol–water partition coefficient (Wildman–Crippen LogP) is 4.01. The average molecular weight is 299 g/mol. The first-order valence-electron chi connectivity index (χ1n) is 6.96. The molecule has 1 aliphatic carbocycles. The first kappa shape index (κ1) is 15.1. The number of rotatable bonds is 6. The Morgan fingerprint density at radius 3 is 2.80 bits per heavy atom. The molecule has 110 valence electrons. The molecular weight excluding hydrogens is 280 g/mol. The van der Waals surface area contributed by atoms with E-state index in [9.17, 15) is 10.1 Å². The Morgan fingerprint density at radius 2 is 2.10 bits per heavy atom. The highest BCUT2D eigenvalue weighted by molar-refractivity contribution is 6.30. The summed E-state index contributed by atoms with van der Waals surface area (Å²) in [5.74, 6) is 0. The Bertz CT molecular complexity index is 462. The smallest absolute Gasteiger partial charge is 0.293 e. The number of nitrogens with zero attached hydrogens (tertiary/aromatic N) is 1. The zero-order chi connectivity index (χ0) is 14.4. The summed E-state index contributed by atoms with van der Waals surface area (Å²) < 4.78 is 5.77. The van der Waals surface area contributed by atoms with E-state index in [1.54, 1.807) is 12.1 Å². The fourth-order valence-electron chi connectivity index (χ4n) is 2.45. The first-order chi connectivity index (χ1) is 9.66. The predicted molar refractivity (Wildman–Crippen MR) is 79.4 cm³/mol. The van der Waals surface area contributed by atoms with Crippen LogP contribution in [0.25, 0.3) is 0 Å². The van der Waals surface area contributed by atoms with Crippen LogP contribution in [0.15, 0.2) is 18.2 Å². The number of nitrogens with one attached hydrogen (secondary N) is 1. The maximum atomic E-state index is 10.9. The van der Waals surface area contributed by atoms with Gasteiger partial charge in [0.2, 0.25) is 0 Å². The van der Waals surface area contributed by atoms with Crippen molar-refractivity contribution in [3.63, 3.8) is 0 Å². The highest BCUT2D eigenvalue weighted by Gasteiger charge is 2.15. The molecule has 0 saturated heterocycles. The van der Waals surface area contributed by atoms with Gasteiger partial charge in [-0.2, -0.15) is 0 Å². The van der Waals surface area contributed by atoms with Crippen LogP contribution >= 0.6 is 11.6 Å². The van der Waals surface area contributed by atoms with E-state index in [-0.39, 0.29) is 5.69 Å². The molecule has 1 fully saturated rings. The summed E-state index contributed by atoms with van der Waals surface area (Å²) >= 11 is 5.77. The van der Waals surface area contributed by atoms with Gasteiger partial charge < -0.3 is 10.1 Å². The van der Waals surface area contributed by atoms with E-state index in [1.807, 2.05) is 0 Å². The summed E-state index contributed by atoms with van der Waals surface area (Å²) in [6.07, 6.45) is 6.38. The summed E-state index contributed by atoms with van der Waals surface area (Å²) in [4.78, 5) is 10.5. The minimum absolute atomic E-state index is 0.00448. The average Bonchev–Trinajstić information content (AvgIpc) is 2.45. The van der Waals surface area contributed by atoms with Gasteiger partial charge in [-0.1, -0.05) is 30.9 Å². The van der Waals surface area contributed by atoms with E-state index in [0.29, 0.717) is 30.0 Å². The number of ether oxygens (including phenoxy) is 1. The Morgan fingerprint density at radius 1 is 1.35 bits per heavy atom. The molecule has 0 spiro atoms. The second-order valence-electron chi connectivity index (χ2n) is 4.98. The van der Waals surface area contributed by atoms with Crippen molar-refractivity contribution in [3.8, 4) is 0 Å². The largest absolute Gasteiger partial charge is 0.377 e. The van der Waals surface area contributed by atoms with Gasteiger partial charge >= 0.3 is 0 Å². The normalized spacial score (nSPS) is 16.1.